The van der Waals surface area contributed by atoms with Crippen molar-refractivity contribution < 1.29 is 24.1 Å². The number of aromatic nitrogens is 2. The molecular weight excluding hydrogens is 341 g/mol. The Bertz CT molecular complexity index is 818. The zero-order valence-electron chi connectivity index (χ0n) is 14.3. The van der Waals surface area contributed by atoms with E-state index < -0.39 is 23.9 Å². The van der Waals surface area contributed by atoms with Gasteiger partial charge in [0.25, 0.3) is 0 Å². The summed E-state index contributed by atoms with van der Waals surface area (Å²) in [6.45, 7) is 0.953. The quantitative estimate of drug-likeness (QED) is 0.857. The van der Waals surface area contributed by atoms with Crippen LogP contribution in [0.25, 0.3) is 10.9 Å². The van der Waals surface area contributed by atoms with E-state index in [1.165, 1.54) is 6.07 Å². The number of likely N-dealkylation sites (tertiary alicyclic amines) is 1. The number of β-amino-alcohol motifs (C(OH)–C–C–N with tert-alkyl or cyclic N) is 1. The molecule has 26 heavy (non-hydrogen) atoms. The van der Waals surface area contributed by atoms with Crippen LogP contribution in [0, 0.1) is 5.82 Å². The Labute approximate surface area is 150 Å². The fraction of sp³-hybridized carbons (Fsp3) is 0.556. The first-order valence-corrected chi connectivity index (χ1v) is 8.99. The van der Waals surface area contributed by atoms with Gasteiger partial charge in [0.1, 0.15) is 5.82 Å². The molecular formula is C18H22FN3O4. The molecule has 8 heteroatoms. The van der Waals surface area contributed by atoms with Crippen LogP contribution in [-0.2, 0) is 4.74 Å². The van der Waals surface area contributed by atoms with E-state index in [4.69, 9.17) is 9.84 Å². The lowest BCUT2D eigenvalue weighted by Crippen LogP contribution is -2.45. The Morgan fingerprint density at radius 3 is 2.85 bits per heavy atom. The Morgan fingerprint density at radius 2 is 2.15 bits per heavy atom. The predicted molar refractivity (Wildman–Crippen MR) is 91.5 cm³/mol. The summed E-state index contributed by atoms with van der Waals surface area (Å²) in [6.07, 6.45) is 2.81. The molecule has 1 unspecified atom stereocenters. The zero-order valence-corrected chi connectivity index (χ0v) is 14.3. The molecule has 2 fully saturated rings. The number of nitrogens with zero attached hydrogens (tertiary/aromatic N) is 3. The highest BCUT2D eigenvalue weighted by Gasteiger charge is 2.33. The number of fused-ring (bicyclic) bond motifs is 1. The summed E-state index contributed by atoms with van der Waals surface area (Å²) in [5, 5.41) is 24.5. The van der Waals surface area contributed by atoms with E-state index in [2.05, 4.69) is 5.10 Å². The minimum atomic E-state index is -1.06. The van der Waals surface area contributed by atoms with E-state index in [1.54, 1.807) is 16.9 Å². The molecule has 0 bridgehead atoms. The lowest BCUT2D eigenvalue weighted by Gasteiger charge is -2.34. The first kappa shape index (κ1) is 17.2. The fourth-order valence-electron chi connectivity index (χ4n) is 3.98. The van der Waals surface area contributed by atoms with Gasteiger partial charge in [0.2, 0.25) is 0 Å². The number of rotatable bonds is 2. The van der Waals surface area contributed by atoms with Gasteiger partial charge in [-0.3, -0.25) is 0 Å². The number of hydrogen-bond acceptors (Lipinski definition) is 4. The van der Waals surface area contributed by atoms with Crippen molar-refractivity contribution in [1.29, 1.82) is 0 Å². The first-order valence-electron chi connectivity index (χ1n) is 8.99. The van der Waals surface area contributed by atoms with Crippen molar-refractivity contribution in [3.8, 4) is 0 Å². The molecule has 0 saturated carbocycles. The van der Waals surface area contributed by atoms with E-state index in [9.17, 15) is 14.3 Å². The summed E-state index contributed by atoms with van der Waals surface area (Å²) in [4.78, 5) is 12.2. The molecule has 2 aliphatic rings. The predicted octanol–water partition coefficient (Wildman–Crippen LogP) is 2.70. The second-order valence-electron chi connectivity index (χ2n) is 7.03. The van der Waals surface area contributed by atoms with Crippen molar-refractivity contribution in [2.24, 2.45) is 0 Å². The summed E-state index contributed by atoms with van der Waals surface area (Å²) in [5.41, 5.74) is 1.19. The van der Waals surface area contributed by atoms with E-state index in [-0.39, 0.29) is 19.3 Å². The van der Waals surface area contributed by atoms with Crippen molar-refractivity contribution in [3.05, 3.63) is 29.7 Å². The number of carboxylic acid groups (broad SMARTS) is 1. The van der Waals surface area contributed by atoms with E-state index in [0.29, 0.717) is 24.0 Å². The SMILES string of the molecule is O=C(O)N1CC[C@@H](c2cc3c(cnn3C3CCCCO3)cc2F)[C@H](O)C1. The highest BCUT2D eigenvalue weighted by molar-refractivity contribution is 5.80. The Kier molecular flexibility index (Phi) is 4.54. The highest BCUT2D eigenvalue weighted by atomic mass is 19.1. The van der Waals surface area contributed by atoms with Gasteiger partial charge in [-0.15, -0.1) is 0 Å². The van der Waals surface area contributed by atoms with Crippen LogP contribution in [0.3, 0.4) is 0 Å². The van der Waals surface area contributed by atoms with Crippen molar-refractivity contribution in [3.63, 3.8) is 0 Å². The molecule has 2 N–H and O–H groups in total. The molecule has 140 valence electrons. The molecule has 3 atom stereocenters. The number of hydrogen-bond donors (Lipinski definition) is 2. The molecule has 1 aromatic heterocycles. The number of amides is 1. The monoisotopic (exact) mass is 363 g/mol. The van der Waals surface area contributed by atoms with E-state index in [1.807, 2.05) is 0 Å². The maximum Gasteiger partial charge on any atom is 0.407 e. The summed E-state index contributed by atoms with van der Waals surface area (Å²) in [7, 11) is 0. The minimum Gasteiger partial charge on any atom is -0.465 e. The number of ether oxygens (including phenoxy) is 1. The molecule has 2 saturated heterocycles. The maximum absolute atomic E-state index is 14.7. The Balaban J connectivity index is 1.67. The largest absolute Gasteiger partial charge is 0.465 e. The van der Waals surface area contributed by atoms with Gasteiger partial charge in [0, 0.05) is 24.5 Å². The van der Waals surface area contributed by atoms with Crippen molar-refractivity contribution >= 4 is 17.0 Å². The second-order valence-corrected chi connectivity index (χ2v) is 7.03. The molecule has 4 rings (SSSR count). The highest BCUT2D eigenvalue weighted by Crippen LogP contribution is 2.34. The molecule has 0 aliphatic carbocycles. The summed E-state index contributed by atoms with van der Waals surface area (Å²) < 4.78 is 22.3. The number of aliphatic hydroxyl groups is 1. The molecule has 0 spiro atoms. The molecule has 1 amide bonds. The number of benzene rings is 1. The molecule has 0 radical (unpaired) electrons. The molecule has 3 heterocycles. The van der Waals surface area contributed by atoms with Gasteiger partial charge in [-0.05, 0) is 43.4 Å². The topological polar surface area (TPSA) is 87.8 Å². The van der Waals surface area contributed by atoms with Crippen molar-refractivity contribution in [2.45, 2.75) is 43.9 Å². The fourth-order valence-corrected chi connectivity index (χ4v) is 3.98. The van der Waals surface area contributed by atoms with Gasteiger partial charge in [-0.2, -0.15) is 5.10 Å². The Hall–Kier alpha value is -2.19. The number of halogens is 1. The van der Waals surface area contributed by atoms with Gasteiger partial charge in [-0.1, -0.05) is 0 Å². The summed E-state index contributed by atoms with van der Waals surface area (Å²) in [5.74, 6) is -0.833. The number of aliphatic hydroxyl groups excluding tert-OH is 1. The molecule has 2 aliphatic heterocycles. The van der Waals surface area contributed by atoms with Gasteiger partial charge in [0.15, 0.2) is 6.23 Å². The van der Waals surface area contributed by atoms with Gasteiger partial charge >= 0.3 is 6.09 Å². The average Bonchev–Trinajstić information content (AvgIpc) is 3.04. The van der Waals surface area contributed by atoms with Crippen LogP contribution in [0.15, 0.2) is 18.3 Å². The van der Waals surface area contributed by atoms with Crippen LogP contribution in [0.4, 0.5) is 9.18 Å². The van der Waals surface area contributed by atoms with Crippen LogP contribution in [0.2, 0.25) is 0 Å². The van der Waals surface area contributed by atoms with Crippen molar-refractivity contribution in [1.82, 2.24) is 14.7 Å². The standard InChI is InChI=1S/C18H22FN3O4/c19-14-7-11-9-20-22(17-3-1-2-6-26-17)15(11)8-13(14)12-4-5-21(18(24)25)10-16(12)23/h7-9,12,16-17,23H,1-6,10H2,(H,24,25)/t12-,16+,17?/m0/s1. The van der Waals surface area contributed by atoms with Crippen LogP contribution < -0.4 is 0 Å². The lowest BCUT2D eigenvalue weighted by molar-refractivity contribution is -0.0366. The third-order valence-corrected chi connectivity index (χ3v) is 5.39. The number of carbonyl (C=O) groups is 1. The van der Waals surface area contributed by atoms with Crippen molar-refractivity contribution in [2.75, 3.05) is 19.7 Å². The van der Waals surface area contributed by atoms with Gasteiger partial charge in [-0.25, -0.2) is 13.9 Å². The second kappa shape index (κ2) is 6.85. The normalized spacial score (nSPS) is 27.0. The maximum atomic E-state index is 14.7. The third kappa shape index (κ3) is 3.03. The lowest BCUT2D eigenvalue weighted by atomic mass is 9.86. The van der Waals surface area contributed by atoms with Crippen LogP contribution in [0.5, 0.6) is 0 Å². The smallest absolute Gasteiger partial charge is 0.407 e. The van der Waals surface area contributed by atoms with Gasteiger partial charge in [0.05, 0.1) is 24.4 Å². The van der Waals surface area contributed by atoms with Crippen LogP contribution in [-0.4, -0.2) is 56.8 Å². The first-order chi connectivity index (χ1) is 12.5. The van der Waals surface area contributed by atoms with E-state index >= 15 is 0 Å². The zero-order chi connectivity index (χ0) is 18.3. The summed E-state index contributed by atoms with van der Waals surface area (Å²) in [6, 6.07) is 3.17. The molecule has 2 aromatic rings. The summed E-state index contributed by atoms with van der Waals surface area (Å²) >= 11 is 0. The van der Waals surface area contributed by atoms with E-state index in [0.717, 1.165) is 29.7 Å². The minimum absolute atomic E-state index is 0.0114. The third-order valence-electron chi connectivity index (χ3n) is 5.39. The molecule has 7 nitrogen and oxygen atoms in total. The number of piperidine rings is 1. The van der Waals surface area contributed by atoms with Gasteiger partial charge < -0.3 is 19.8 Å². The van der Waals surface area contributed by atoms with Crippen LogP contribution >= 0.6 is 0 Å². The van der Waals surface area contributed by atoms with Crippen LogP contribution in [0.1, 0.15) is 43.4 Å². The molecule has 1 aromatic carbocycles. The Morgan fingerprint density at radius 1 is 1.31 bits per heavy atom. The average molecular weight is 363 g/mol.